The third-order valence-corrected chi connectivity index (χ3v) is 8.98. The Kier molecular flexibility index (Phi) is 4.69. The second-order valence-corrected chi connectivity index (χ2v) is 11.4. The Balaban J connectivity index is 1.35. The summed E-state index contributed by atoms with van der Waals surface area (Å²) in [5.74, 6) is 0.655. The topological polar surface area (TPSA) is 43.9 Å². The van der Waals surface area contributed by atoms with Crippen LogP contribution in [0.2, 0.25) is 0 Å². The minimum Gasteiger partial charge on any atom is -0.456 e. The van der Waals surface area contributed by atoms with Crippen molar-refractivity contribution < 1.29 is 4.42 Å². The van der Waals surface area contributed by atoms with Crippen LogP contribution in [0.1, 0.15) is 0 Å². The van der Waals surface area contributed by atoms with Crippen LogP contribution < -0.4 is 0 Å². The zero-order valence-corrected chi connectivity index (χ0v) is 23.5. The van der Waals surface area contributed by atoms with Gasteiger partial charge in [0.15, 0.2) is 0 Å². The van der Waals surface area contributed by atoms with Gasteiger partial charge in [-0.05, 0) is 52.6 Å². The number of nitrogens with zero attached hydrogens (tertiary/aromatic N) is 3. The van der Waals surface area contributed by atoms with Crippen LogP contribution in [0.15, 0.2) is 144 Å². The molecule has 10 rings (SSSR count). The molecule has 0 aliphatic carbocycles. The molecule has 0 aliphatic heterocycles. The predicted octanol–water partition coefficient (Wildman–Crippen LogP) is 10.6. The highest BCUT2D eigenvalue weighted by molar-refractivity contribution is 6.26. The lowest BCUT2D eigenvalue weighted by Gasteiger charge is -2.13. The molecule has 0 bridgehead atoms. The quantitative estimate of drug-likeness (QED) is 0.211. The Labute approximate surface area is 251 Å². The SMILES string of the molecule is c1ccc2cc(-c3nc(-n4c5ccccc5c5ccc6c(ccc7oc8ccccc8c76)c54)nc4ccccc34)ccc2c1. The summed E-state index contributed by atoms with van der Waals surface area (Å²) in [6.07, 6.45) is 0. The maximum absolute atomic E-state index is 6.26. The largest absolute Gasteiger partial charge is 0.456 e. The third-order valence-electron chi connectivity index (χ3n) is 8.98. The van der Waals surface area contributed by atoms with Gasteiger partial charge in [0.1, 0.15) is 11.2 Å². The van der Waals surface area contributed by atoms with E-state index in [-0.39, 0.29) is 0 Å². The van der Waals surface area contributed by atoms with Gasteiger partial charge in [-0.2, -0.15) is 0 Å². The van der Waals surface area contributed by atoms with Crippen LogP contribution in [0.25, 0.3) is 93.4 Å². The number of benzene rings is 7. The second-order valence-electron chi connectivity index (χ2n) is 11.4. The van der Waals surface area contributed by atoms with E-state index in [1.54, 1.807) is 0 Å². The summed E-state index contributed by atoms with van der Waals surface area (Å²) in [6, 6.07) is 48.9. The van der Waals surface area contributed by atoms with Crippen molar-refractivity contribution >= 4 is 76.2 Å². The van der Waals surface area contributed by atoms with Gasteiger partial charge in [-0.25, -0.2) is 9.97 Å². The van der Waals surface area contributed by atoms with E-state index in [4.69, 9.17) is 14.4 Å². The monoisotopic (exact) mass is 561 g/mol. The normalized spacial score (nSPS) is 12.1. The lowest BCUT2D eigenvalue weighted by Crippen LogP contribution is -2.03. The molecule has 0 saturated heterocycles. The second kappa shape index (κ2) is 8.76. The van der Waals surface area contributed by atoms with E-state index >= 15 is 0 Å². The molecule has 0 saturated carbocycles. The highest BCUT2D eigenvalue weighted by Crippen LogP contribution is 2.41. The molecule has 7 aromatic carbocycles. The molecular formula is C40H23N3O. The molecule has 3 heterocycles. The van der Waals surface area contributed by atoms with Crippen LogP contribution >= 0.6 is 0 Å². The van der Waals surface area contributed by atoms with Gasteiger partial charge in [0.25, 0.3) is 0 Å². The summed E-state index contributed by atoms with van der Waals surface area (Å²) in [6.45, 7) is 0. The lowest BCUT2D eigenvalue weighted by molar-refractivity contribution is 0.669. The summed E-state index contributed by atoms with van der Waals surface area (Å²) in [5, 5.41) is 10.3. The first kappa shape index (κ1) is 23.6. The molecule has 0 amide bonds. The molecule has 3 aromatic heterocycles. The number of fused-ring (bicyclic) bond motifs is 11. The molecule has 0 aliphatic rings. The first-order valence-electron chi connectivity index (χ1n) is 14.8. The van der Waals surface area contributed by atoms with Crippen LogP contribution in [0.4, 0.5) is 0 Å². The van der Waals surface area contributed by atoms with Crippen LogP contribution in [0, 0.1) is 0 Å². The Hall–Kier alpha value is -6.00. The molecule has 44 heavy (non-hydrogen) atoms. The summed E-state index contributed by atoms with van der Waals surface area (Å²) in [4.78, 5) is 10.6. The van der Waals surface area contributed by atoms with Crippen molar-refractivity contribution in [2.24, 2.45) is 0 Å². The molecule has 0 fully saturated rings. The first-order chi connectivity index (χ1) is 21.8. The number of furan rings is 1. The molecule has 10 aromatic rings. The van der Waals surface area contributed by atoms with Gasteiger partial charge in [0, 0.05) is 37.9 Å². The van der Waals surface area contributed by atoms with Crippen molar-refractivity contribution in [2.45, 2.75) is 0 Å². The Morgan fingerprint density at radius 2 is 1.18 bits per heavy atom. The highest BCUT2D eigenvalue weighted by Gasteiger charge is 2.20. The molecule has 4 nitrogen and oxygen atoms in total. The summed E-state index contributed by atoms with van der Waals surface area (Å²) in [7, 11) is 0. The Morgan fingerprint density at radius 3 is 2.11 bits per heavy atom. The van der Waals surface area contributed by atoms with Crippen LogP contribution in [-0.2, 0) is 0 Å². The summed E-state index contributed by atoms with van der Waals surface area (Å²) >= 11 is 0. The van der Waals surface area contributed by atoms with Crippen molar-refractivity contribution in [3.63, 3.8) is 0 Å². The Bertz CT molecular complexity index is 2790. The van der Waals surface area contributed by atoms with Crippen LogP contribution in [0.5, 0.6) is 0 Å². The van der Waals surface area contributed by atoms with Crippen LogP contribution in [0.3, 0.4) is 0 Å². The number of hydrogen-bond donors (Lipinski definition) is 0. The fourth-order valence-electron chi connectivity index (χ4n) is 7.02. The Morgan fingerprint density at radius 1 is 0.477 bits per heavy atom. The zero-order chi connectivity index (χ0) is 28.8. The van der Waals surface area contributed by atoms with Crippen LogP contribution in [-0.4, -0.2) is 14.5 Å². The number of hydrogen-bond acceptors (Lipinski definition) is 3. The van der Waals surface area contributed by atoms with Gasteiger partial charge in [-0.1, -0.05) is 103 Å². The van der Waals surface area contributed by atoms with Gasteiger partial charge in [0.05, 0.1) is 22.2 Å². The number of para-hydroxylation sites is 3. The van der Waals surface area contributed by atoms with Crippen molar-refractivity contribution in [3.05, 3.63) is 140 Å². The highest BCUT2D eigenvalue weighted by atomic mass is 16.3. The predicted molar refractivity (Wildman–Crippen MR) is 182 cm³/mol. The van der Waals surface area contributed by atoms with E-state index < -0.39 is 0 Å². The summed E-state index contributed by atoms with van der Waals surface area (Å²) in [5.41, 5.74) is 6.86. The molecule has 0 radical (unpaired) electrons. The molecule has 204 valence electrons. The van der Waals surface area contributed by atoms with E-state index in [0.29, 0.717) is 5.95 Å². The molecule has 0 spiro atoms. The molecule has 4 heteroatoms. The molecule has 0 atom stereocenters. The van der Waals surface area contributed by atoms with E-state index in [2.05, 4.69) is 126 Å². The van der Waals surface area contributed by atoms with Gasteiger partial charge in [0.2, 0.25) is 5.95 Å². The van der Waals surface area contributed by atoms with Gasteiger partial charge < -0.3 is 4.42 Å². The molecule has 0 unspecified atom stereocenters. The zero-order valence-electron chi connectivity index (χ0n) is 23.5. The molecular weight excluding hydrogens is 538 g/mol. The average Bonchev–Trinajstić information content (AvgIpc) is 3.64. The first-order valence-corrected chi connectivity index (χ1v) is 14.8. The maximum Gasteiger partial charge on any atom is 0.235 e. The van der Waals surface area contributed by atoms with Gasteiger partial charge >= 0.3 is 0 Å². The maximum atomic E-state index is 6.26. The van der Waals surface area contributed by atoms with E-state index in [0.717, 1.165) is 65.9 Å². The standard InChI is InChI=1S/C40H23N3O/c1-2-10-25-23-26(18-17-24(25)9-1)38-31-12-3-6-14-33(31)41-40(42-38)43-34-15-7-4-11-27(34)29-20-19-28-30(39(29)43)21-22-36-37(28)32-13-5-8-16-35(32)44-36/h1-23H. The smallest absolute Gasteiger partial charge is 0.235 e. The van der Waals surface area contributed by atoms with Crippen molar-refractivity contribution in [2.75, 3.05) is 0 Å². The number of aromatic nitrogens is 3. The fraction of sp³-hybridized carbons (Fsp3) is 0. The minimum absolute atomic E-state index is 0.655. The number of rotatable bonds is 2. The fourth-order valence-corrected chi connectivity index (χ4v) is 7.02. The average molecular weight is 562 g/mol. The van der Waals surface area contributed by atoms with Crippen molar-refractivity contribution in [1.82, 2.24) is 14.5 Å². The molecule has 0 N–H and O–H groups in total. The van der Waals surface area contributed by atoms with E-state index in [9.17, 15) is 0 Å². The van der Waals surface area contributed by atoms with Gasteiger partial charge in [-0.3, -0.25) is 4.57 Å². The van der Waals surface area contributed by atoms with Gasteiger partial charge in [-0.15, -0.1) is 0 Å². The third kappa shape index (κ3) is 3.22. The van der Waals surface area contributed by atoms with Crippen molar-refractivity contribution in [1.29, 1.82) is 0 Å². The minimum atomic E-state index is 0.655. The lowest BCUT2D eigenvalue weighted by atomic mass is 10.0. The van der Waals surface area contributed by atoms with E-state index in [1.165, 1.54) is 21.5 Å². The van der Waals surface area contributed by atoms with Crippen molar-refractivity contribution in [3.8, 4) is 17.2 Å². The summed E-state index contributed by atoms with van der Waals surface area (Å²) < 4.78 is 8.51. The van der Waals surface area contributed by atoms with E-state index in [1.807, 2.05) is 18.2 Å².